The van der Waals surface area contributed by atoms with Gasteiger partial charge in [0.05, 0.1) is 6.04 Å². The highest BCUT2D eigenvalue weighted by molar-refractivity contribution is 5.73. The molecule has 1 atom stereocenters. The van der Waals surface area contributed by atoms with Gasteiger partial charge < -0.3 is 16.7 Å². The third-order valence-corrected chi connectivity index (χ3v) is 3.91. The largest absolute Gasteiger partial charge is 0.594 e. The van der Waals surface area contributed by atoms with Crippen molar-refractivity contribution in [3.05, 3.63) is 34.3 Å². The summed E-state index contributed by atoms with van der Waals surface area (Å²) >= 11 is 0. The molecule has 6 nitrogen and oxygen atoms in total. The Labute approximate surface area is 117 Å². The van der Waals surface area contributed by atoms with Gasteiger partial charge in [0, 0.05) is 17.7 Å². The van der Waals surface area contributed by atoms with Gasteiger partial charge in [-0.05, 0) is 47.7 Å². The molecular weight excluding hydrogens is 254 g/mol. The van der Waals surface area contributed by atoms with Gasteiger partial charge in [-0.25, -0.2) is 4.98 Å². The van der Waals surface area contributed by atoms with Crippen LogP contribution in [0.4, 0.5) is 0 Å². The molecule has 1 aromatic heterocycles. The molecule has 1 unspecified atom stereocenters. The van der Waals surface area contributed by atoms with Crippen molar-refractivity contribution in [3.63, 3.8) is 0 Å². The second-order valence-corrected chi connectivity index (χ2v) is 5.36. The number of rotatable bonds is 2. The first-order valence-electron chi connectivity index (χ1n) is 7.08. The molecule has 0 spiro atoms. The van der Waals surface area contributed by atoms with E-state index in [2.05, 4.69) is 10.1 Å². The average Bonchev–Trinajstić information content (AvgIpc) is 2.69. The van der Waals surface area contributed by atoms with Crippen LogP contribution in [0.15, 0.2) is 12.1 Å². The van der Waals surface area contributed by atoms with Crippen LogP contribution in [0.5, 0.6) is 0 Å². The number of fused-ring (bicyclic) bond motifs is 2. The van der Waals surface area contributed by atoms with Crippen molar-refractivity contribution in [3.8, 4) is 0 Å². The van der Waals surface area contributed by atoms with Gasteiger partial charge in [0.15, 0.2) is 0 Å². The number of aryl methyl sites for hydroxylation is 2. The van der Waals surface area contributed by atoms with Crippen molar-refractivity contribution in [1.82, 2.24) is 10.1 Å². The fraction of sp³-hybridized carbons (Fsp3) is 0.500. The van der Waals surface area contributed by atoms with Gasteiger partial charge in [0.1, 0.15) is 5.52 Å². The predicted octanol–water partition coefficient (Wildman–Crippen LogP) is 0.491. The molecule has 20 heavy (non-hydrogen) atoms. The predicted molar refractivity (Wildman–Crippen MR) is 75.7 cm³/mol. The summed E-state index contributed by atoms with van der Waals surface area (Å²) in [5.74, 6) is 0.309. The maximum Gasteiger partial charge on any atom is 0.270 e. The summed E-state index contributed by atoms with van der Waals surface area (Å²) < 4.78 is 0. The molecule has 0 saturated heterocycles. The van der Waals surface area contributed by atoms with Gasteiger partial charge in [-0.3, -0.25) is 0 Å². The summed E-state index contributed by atoms with van der Waals surface area (Å²) in [4.78, 5) is 5.03. The zero-order chi connectivity index (χ0) is 14.1. The van der Waals surface area contributed by atoms with E-state index in [1.165, 1.54) is 30.4 Å². The summed E-state index contributed by atoms with van der Waals surface area (Å²) in [6.07, 6.45) is 5.67. The Morgan fingerprint density at radius 3 is 2.60 bits per heavy atom. The minimum Gasteiger partial charge on any atom is -0.594 e. The Kier molecular flexibility index (Phi) is 3.50. The van der Waals surface area contributed by atoms with Crippen LogP contribution in [-0.2, 0) is 12.8 Å². The number of hydrogen-bond acceptors (Lipinski definition) is 5. The van der Waals surface area contributed by atoms with E-state index in [1.807, 2.05) is 12.1 Å². The minimum atomic E-state index is -0.501. The third kappa shape index (κ3) is 2.32. The summed E-state index contributed by atoms with van der Waals surface area (Å²) in [5, 5.41) is 16.0. The third-order valence-electron chi connectivity index (χ3n) is 3.91. The molecule has 1 heterocycles. The number of hydrogen-bond donors (Lipinski definition) is 2. The van der Waals surface area contributed by atoms with Gasteiger partial charge in [0.2, 0.25) is 5.82 Å². The molecule has 1 aromatic carbocycles. The molecule has 1 aliphatic rings. The second-order valence-electron chi connectivity index (χ2n) is 5.36. The number of aromatic nitrogens is 3. The second kappa shape index (κ2) is 5.30. The molecule has 3 rings (SSSR count). The SMILES string of the molecule is NCC(N)c1nc2cc3c(cc2[n+]([O-])n1)CCCCC3. The lowest BCUT2D eigenvalue weighted by atomic mass is 10.0. The summed E-state index contributed by atoms with van der Waals surface area (Å²) in [5.41, 5.74) is 15.0. The quantitative estimate of drug-likeness (QED) is 0.470. The van der Waals surface area contributed by atoms with E-state index < -0.39 is 6.04 Å². The molecule has 1 aliphatic carbocycles. The minimum absolute atomic E-state index is 0.219. The van der Waals surface area contributed by atoms with Crippen LogP contribution in [0.1, 0.15) is 42.3 Å². The lowest BCUT2D eigenvalue weighted by molar-refractivity contribution is -0.644. The summed E-state index contributed by atoms with van der Waals surface area (Å²) in [6, 6.07) is 3.44. The van der Waals surface area contributed by atoms with Crippen molar-refractivity contribution in [2.75, 3.05) is 6.54 Å². The molecule has 4 N–H and O–H groups in total. The highest BCUT2D eigenvalue weighted by atomic mass is 16.5. The first-order chi connectivity index (χ1) is 9.69. The number of nitrogens with two attached hydrogens (primary N) is 2. The topological polar surface area (TPSA) is 105 Å². The fourth-order valence-electron chi connectivity index (χ4n) is 2.73. The molecule has 0 radical (unpaired) electrons. The fourth-order valence-corrected chi connectivity index (χ4v) is 2.73. The van der Waals surface area contributed by atoms with E-state index in [-0.39, 0.29) is 6.54 Å². The van der Waals surface area contributed by atoms with Crippen molar-refractivity contribution >= 4 is 11.0 Å². The van der Waals surface area contributed by atoms with E-state index in [1.54, 1.807) is 0 Å². The van der Waals surface area contributed by atoms with E-state index in [9.17, 15) is 5.21 Å². The Morgan fingerprint density at radius 2 is 1.90 bits per heavy atom. The highest BCUT2D eigenvalue weighted by Gasteiger charge is 2.18. The highest BCUT2D eigenvalue weighted by Crippen LogP contribution is 2.24. The zero-order valence-electron chi connectivity index (χ0n) is 11.4. The van der Waals surface area contributed by atoms with Gasteiger partial charge in [0.25, 0.3) is 5.52 Å². The average molecular weight is 273 g/mol. The van der Waals surface area contributed by atoms with E-state index in [0.717, 1.165) is 12.8 Å². The Balaban J connectivity index is 2.16. The Morgan fingerprint density at radius 1 is 1.20 bits per heavy atom. The molecule has 106 valence electrons. The van der Waals surface area contributed by atoms with Crippen LogP contribution in [0, 0.1) is 5.21 Å². The van der Waals surface area contributed by atoms with E-state index >= 15 is 0 Å². The molecular formula is C14H19N5O. The summed E-state index contributed by atoms with van der Waals surface area (Å²) in [7, 11) is 0. The van der Waals surface area contributed by atoms with Crippen LogP contribution >= 0.6 is 0 Å². The lowest BCUT2D eigenvalue weighted by Crippen LogP contribution is -2.37. The first kappa shape index (κ1) is 13.2. The summed E-state index contributed by atoms with van der Waals surface area (Å²) in [6.45, 7) is 0.219. The smallest absolute Gasteiger partial charge is 0.270 e. The van der Waals surface area contributed by atoms with Crippen LogP contribution in [0.25, 0.3) is 11.0 Å². The van der Waals surface area contributed by atoms with Crippen molar-refractivity contribution in [2.24, 2.45) is 11.5 Å². The van der Waals surface area contributed by atoms with Gasteiger partial charge in [-0.2, -0.15) is 0 Å². The molecule has 0 amide bonds. The molecule has 2 aromatic rings. The Hall–Kier alpha value is -1.79. The van der Waals surface area contributed by atoms with Crippen molar-refractivity contribution in [2.45, 2.75) is 38.1 Å². The standard InChI is InChI=1S/C14H19N5O/c15-8-11(16)14-17-12-6-9-4-2-1-3-5-10(9)7-13(12)19(20)18-14/h6-7,11H,1-5,8,15-16H2. The molecule has 6 heteroatoms. The number of benzene rings is 1. The van der Waals surface area contributed by atoms with Crippen LogP contribution in [-0.4, -0.2) is 16.6 Å². The van der Waals surface area contributed by atoms with Crippen LogP contribution < -0.4 is 16.3 Å². The Bertz CT molecular complexity index is 643. The number of nitrogens with zero attached hydrogens (tertiary/aromatic N) is 3. The van der Waals surface area contributed by atoms with Crippen molar-refractivity contribution < 1.29 is 4.85 Å². The zero-order valence-corrected chi connectivity index (χ0v) is 11.4. The maximum absolute atomic E-state index is 12.1. The molecule has 0 saturated carbocycles. The van der Waals surface area contributed by atoms with E-state index in [0.29, 0.717) is 21.7 Å². The normalized spacial score (nSPS) is 16.7. The van der Waals surface area contributed by atoms with Crippen LogP contribution in [0.2, 0.25) is 0 Å². The lowest BCUT2D eigenvalue weighted by Gasteiger charge is -2.10. The van der Waals surface area contributed by atoms with Gasteiger partial charge >= 0.3 is 0 Å². The van der Waals surface area contributed by atoms with Crippen LogP contribution in [0.3, 0.4) is 0 Å². The first-order valence-corrected chi connectivity index (χ1v) is 7.08. The van der Waals surface area contributed by atoms with Crippen molar-refractivity contribution in [1.29, 1.82) is 0 Å². The maximum atomic E-state index is 12.1. The molecule has 0 fully saturated rings. The molecule has 0 aliphatic heterocycles. The molecule has 0 bridgehead atoms. The van der Waals surface area contributed by atoms with Gasteiger partial charge in [-0.1, -0.05) is 6.42 Å². The monoisotopic (exact) mass is 273 g/mol. The van der Waals surface area contributed by atoms with Gasteiger partial charge in [-0.15, -0.1) is 0 Å². The van der Waals surface area contributed by atoms with E-state index in [4.69, 9.17) is 11.5 Å².